The summed E-state index contributed by atoms with van der Waals surface area (Å²) in [5.41, 5.74) is -0.223. The molecule has 0 bridgehead atoms. The van der Waals surface area contributed by atoms with Gasteiger partial charge in [0.15, 0.2) is 5.69 Å². The van der Waals surface area contributed by atoms with Gasteiger partial charge in [0.25, 0.3) is 5.91 Å². The number of rotatable bonds is 4. The number of hydrogen-bond acceptors (Lipinski definition) is 5. The van der Waals surface area contributed by atoms with E-state index in [-0.39, 0.29) is 5.69 Å². The van der Waals surface area contributed by atoms with Crippen molar-refractivity contribution in [3.05, 3.63) is 47.5 Å². The number of nitrogens with one attached hydrogen (secondary N) is 1. The van der Waals surface area contributed by atoms with Crippen LogP contribution >= 0.6 is 0 Å². The Hall–Kier alpha value is -3.58. The molecule has 1 atom stereocenters. The summed E-state index contributed by atoms with van der Waals surface area (Å²) in [6.07, 6.45) is -7.31. The number of carbonyl (C=O) groups excluding carboxylic acids is 1. The van der Waals surface area contributed by atoms with Gasteiger partial charge in [-0.1, -0.05) is 0 Å². The minimum atomic E-state index is -4.90. The van der Waals surface area contributed by atoms with Crippen LogP contribution in [-0.4, -0.2) is 36.8 Å². The molecule has 4 rings (SSSR count). The lowest BCUT2D eigenvalue weighted by Gasteiger charge is -2.24. The van der Waals surface area contributed by atoms with Crippen molar-refractivity contribution in [2.75, 3.05) is 0 Å². The predicted octanol–water partition coefficient (Wildman–Crippen LogP) is 3.86. The quantitative estimate of drug-likeness (QED) is 0.581. The zero-order chi connectivity index (χ0) is 24.0. The highest BCUT2D eigenvalue weighted by atomic mass is 19.4. The van der Waals surface area contributed by atoms with Crippen LogP contribution in [0.3, 0.4) is 0 Å². The monoisotopic (exact) mass is 474 g/mol. The van der Waals surface area contributed by atoms with Gasteiger partial charge >= 0.3 is 12.5 Å². The molecule has 0 saturated heterocycles. The van der Waals surface area contributed by atoms with Crippen molar-refractivity contribution in [1.82, 2.24) is 29.9 Å². The molecular formula is C19H16F6N6O2. The van der Waals surface area contributed by atoms with Gasteiger partial charge in [-0.25, -0.2) is 4.98 Å². The van der Waals surface area contributed by atoms with Crippen LogP contribution < -0.4 is 10.1 Å². The summed E-state index contributed by atoms with van der Waals surface area (Å²) in [4.78, 5) is 16.2. The Kier molecular flexibility index (Phi) is 5.54. The van der Waals surface area contributed by atoms with Gasteiger partial charge in [-0.15, -0.1) is 13.2 Å². The van der Waals surface area contributed by atoms with Gasteiger partial charge in [0.05, 0.1) is 17.4 Å². The summed E-state index contributed by atoms with van der Waals surface area (Å²) in [5, 5.41) is 10.4. The van der Waals surface area contributed by atoms with Crippen molar-refractivity contribution >= 4 is 5.91 Å². The van der Waals surface area contributed by atoms with Crippen LogP contribution in [0.25, 0.3) is 11.3 Å². The molecule has 176 valence electrons. The van der Waals surface area contributed by atoms with E-state index < -0.39 is 36.1 Å². The Morgan fingerprint density at radius 3 is 2.58 bits per heavy atom. The Bertz CT molecular complexity index is 1180. The molecule has 1 amide bonds. The second-order valence-electron chi connectivity index (χ2n) is 7.31. The van der Waals surface area contributed by atoms with Crippen LogP contribution in [0.4, 0.5) is 26.3 Å². The number of ether oxygens (including phenoxy) is 1. The Labute approximate surface area is 182 Å². The maximum absolute atomic E-state index is 12.9. The fraction of sp³-hybridized carbons (Fsp3) is 0.368. The molecule has 0 aliphatic carbocycles. The number of amides is 1. The molecule has 1 aliphatic heterocycles. The number of alkyl halides is 6. The summed E-state index contributed by atoms with van der Waals surface area (Å²) >= 11 is 0. The summed E-state index contributed by atoms with van der Waals surface area (Å²) in [7, 11) is 1.23. The Morgan fingerprint density at radius 1 is 1.15 bits per heavy atom. The maximum atomic E-state index is 12.9. The van der Waals surface area contributed by atoms with Gasteiger partial charge in [-0.3, -0.25) is 14.2 Å². The number of aromatic nitrogens is 5. The highest BCUT2D eigenvalue weighted by molar-refractivity contribution is 5.93. The van der Waals surface area contributed by atoms with Crippen molar-refractivity contribution in [2.24, 2.45) is 7.05 Å². The molecule has 1 N–H and O–H groups in total. The van der Waals surface area contributed by atoms with Crippen molar-refractivity contribution in [1.29, 1.82) is 0 Å². The summed E-state index contributed by atoms with van der Waals surface area (Å²) in [6, 6.07) is 4.24. The third kappa shape index (κ3) is 4.93. The van der Waals surface area contributed by atoms with Gasteiger partial charge in [-0.05, 0) is 25.0 Å². The van der Waals surface area contributed by atoms with Gasteiger partial charge in [-0.2, -0.15) is 23.4 Å². The van der Waals surface area contributed by atoms with Crippen LogP contribution in [-0.2, 0) is 19.8 Å². The lowest BCUT2D eigenvalue weighted by Crippen LogP contribution is -2.33. The number of hydrogen-bond donors (Lipinski definition) is 1. The van der Waals surface area contributed by atoms with E-state index in [2.05, 4.69) is 25.2 Å². The smallest absolute Gasteiger partial charge is 0.388 e. The summed E-state index contributed by atoms with van der Waals surface area (Å²) < 4.78 is 82.4. The first-order valence-corrected chi connectivity index (χ1v) is 9.63. The highest BCUT2D eigenvalue weighted by Gasteiger charge is 2.36. The molecular weight excluding hydrogens is 458 g/mol. The molecule has 0 fully saturated rings. The first-order valence-electron chi connectivity index (χ1n) is 9.63. The van der Waals surface area contributed by atoms with Gasteiger partial charge in [0.2, 0.25) is 5.88 Å². The van der Waals surface area contributed by atoms with E-state index in [1.165, 1.54) is 13.1 Å². The first-order chi connectivity index (χ1) is 15.4. The minimum absolute atomic E-state index is 0.262. The fourth-order valence-electron chi connectivity index (χ4n) is 3.56. The zero-order valence-electron chi connectivity index (χ0n) is 16.9. The standard InChI is InChI=1S/C19H16F6N6O2/c1-30-14(9-15(29-30)18(20,21)22)17(32)27-11-3-2-6-31-13(11)8-12(28-31)10-4-5-26-16(7-10)33-19(23,24)25/h4-5,7-9,11H,2-3,6H2,1H3,(H,27,32)/t11-/m0/s1. The molecule has 0 saturated carbocycles. The van der Waals surface area contributed by atoms with E-state index in [4.69, 9.17) is 0 Å². The van der Waals surface area contributed by atoms with E-state index in [1.54, 1.807) is 10.7 Å². The molecule has 0 unspecified atom stereocenters. The lowest BCUT2D eigenvalue weighted by molar-refractivity contribution is -0.276. The Balaban J connectivity index is 1.57. The van der Waals surface area contributed by atoms with Crippen LogP contribution in [0.15, 0.2) is 30.5 Å². The predicted molar refractivity (Wildman–Crippen MR) is 99.8 cm³/mol. The maximum Gasteiger partial charge on any atom is 0.574 e. The van der Waals surface area contributed by atoms with Crippen LogP contribution in [0.2, 0.25) is 0 Å². The first kappa shape index (κ1) is 22.6. The molecule has 4 heterocycles. The van der Waals surface area contributed by atoms with Crippen molar-refractivity contribution < 1.29 is 35.9 Å². The number of pyridine rings is 1. The summed E-state index contributed by atoms with van der Waals surface area (Å²) in [5.74, 6) is -1.39. The van der Waals surface area contributed by atoms with E-state index >= 15 is 0 Å². The fourth-order valence-corrected chi connectivity index (χ4v) is 3.56. The third-order valence-electron chi connectivity index (χ3n) is 4.99. The SMILES string of the molecule is Cn1nc(C(F)(F)F)cc1C(=O)N[C@H]1CCCn2nc(-c3ccnc(OC(F)(F)F)c3)cc21. The van der Waals surface area contributed by atoms with Gasteiger partial charge in [0, 0.05) is 37.5 Å². The number of nitrogens with zero attached hydrogens (tertiary/aromatic N) is 5. The molecule has 14 heteroatoms. The normalized spacial score (nSPS) is 16.4. The second kappa shape index (κ2) is 8.08. The number of aryl methyl sites for hydroxylation is 2. The Morgan fingerprint density at radius 2 is 1.91 bits per heavy atom. The molecule has 0 spiro atoms. The number of carbonyl (C=O) groups is 1. The number of halogens is 6. The molecule has 33 heavy (non-hydrogen) atoms. The topological polar surface area (TPSA) is 86.9 Å². The number of fused-ring (bicyclic) bond motifs is 1. The molecule has 0 aromatic carbocycles. The molecule has 3 aromatic rings. The van der Waals surface area contributed by atoms with E-state index in [0.717, 1.165) is 16.9 Å². The van der Waals surface area contributed by atoms with Crippen LogP contribution in [0.5, 0.6) is 5.88 Å². The zero-order valence-corrected chi connectivity index (χ0v) is 16.9. The third-order valence-corrected chi connectivity index (χ3v) is 4.99. The molecule has 8 nitrogen and oxygen atoms in total. The van der Waals surface area contributed by atoms with Gasteiger partial charge < -0.3 is 10.1 Å². The van der Waals surface area contributed by atoms with Crippen molar-refractivity contribution in [3.8, 4) is 17.1 Å². The van der Waals surface area contributed by atoms with Crippen molar-refractivity contribution in [2.45, 2.75) is 38.0 Å². The second-order valence-corrected chi connectivity index (χ2v) is 7.31. The average Bonchev–Trinajstić information content (AvgIpc) is 3.31. The van der Waals surface area contributed by atoms with Crippen LogP contribution in [0, 0.1) is 0 Å². The van der Waals surface area contributed by atoms with Crippen molar-refractivity contribution in [3.63, 3.8) is 0 Å². The van der Waals surface area contributed by atoms with Crippen LogP contribution in [0.1, 0.15) is 40.8 Å². The van der Waals surface area contributed by atoms with E-state index in [1.807, 2.05) is 0 Å². The van der Waals surface area contributed by atoms with Gasteiger partial charge in [0.1, 0.15) is 5.69 Å². The van der Waals surface area contributed by atoms with E-state index in [9.17, 15) is 31.1 Å². The average molecular weight is 474 g/mol. The molecule has 3 aromatic heterocycles. The lowest BCUT2D eigenvalue weighted by atomic mass is 10.0. The minimum Gasteiger partial charge on any atom is -0.388 e. The van der Waals surface area contributed by atoms with E-state index in [0.29, 0.717) is 42.4 Å². The molecule has 1 aliphatic rings. The largest absolute Gasteiger partial charge is 0.574 e. The molecule has 0 radical (unpaired) electrons. The summed E-state index contributed by atoms with van der Waals surface area (Å²) in [6.45, 7) is 0.503. The highest BCUT2D eigenvalue weighted by Crippen LogP contribution is 2.32.